The molecule has 0 aromatic heterocycles. The van der Waals surface area contributed by atoms with Crippen LogP contribution in [0.2, 0.25) is 0 Å². The average molecular weight is 549 g/mol. The van der Waals surface area contributed by atoms with E-state index in [1.165, 1.54) is 25.7 Å². The summed E-state index contributed by atoms with van der Waals surface area (Å²) in [7, 11) is 1.89. The van der Waals surface area contributed by atoms with E-state index in [9.17, 15) is 4.79 Å². The van der Waals surface area contributed by atoms with Crippen LogP contribution in [0.4, 0.5) is 0 Å². The van der Waals surface area contributed by atoms with Crippen LogP contribution in [0.3, 0.4) is 0 Å². The summed E-state index contributed by atoms with van der Waals surface area (Å²) in [5, 5.41) is 3.79. The van der Waals surface area contributed by atoms with Crippen LogP contribution in [0.25, 0.3) is 0 Å². The number of hydrogen-bond donors (Lipinski definition) is 1. The first-order chi connectivity index (χ1) is 14.7. The summed E-state index contributed by atoms with van der Waals surface area (Å²) >= 11 is 0. The number of ether oxygens (including phenoxy) is 2. The van der Waals surface area contributed by atoms with E-state index < -0.39 is 0 Å². The number of piperazine rings is 1. The largest absolute Gasteiger partial charge is 0.378 e. The third kappa shape index (κ3) is 5.47. The molecule has 1 amide bonds. The van der Waals surface area contributed by atoms with E-state index in [1.807, 2.05) is 11.9 Å². The smallest absolute Gasteiger partial charge is 0.236 e. The zero-order valence-corrected chi connectivity index (χ0v) is 21.5. The predicted octanol–water partition coefficient (Wildman–Crippen LogP) is 1.39. The van der Waals surface area contributed by atoms with Crippen molar-refractivity contribution in [1.29, 1.82) is 0 Å². The van der Waals surface area contributed by atoms with Crippen LogP contribution >= 0.6 is 24.0 Å². The molecule has 2 aliphatic heterocycles. The fourth-order valence-corrected chi connectivity index (χ4v) is 5.76. The highest BCUT2D eigenvalue weighted by Crippen LogP contribution is 2.54. The Labute approximate surface area is 204 Å². The summed E-state index contributed by atoms with van der Waals surface area (Å²) in [6.45, 7) is 9.80. The third-order valence-electron chi connectivity index (χ3n) is 7.60. The molecule has 1 N–H and O–H groups in total. The van der Waals surface area contributed by atoms with Gasteiger partial charge in [0.05, 0.1) is 25.9 Å². The lowest BCUT2D eigenvalue weighted by molar-refractivity contribution is -0.136. The first-order valence-electron chi connectivity index (χ1n) is 11.8. The molecular formula is C22H40IN5O3. The van der Waals surface area contributed by atoms with Gasteiger partial charge in [-0.3, -0.25) is 14.7 Å². The average Bonchev–Trinajstić information content (AvgIpc) is 3.30. The highest BCUT2D eigenvalue weighted by atomic mass is 127. The van der Waals surface area contributed by atoms with Gasteiger partial charge in [-0.05, 0) is 26.2 Å². The molecule has 9 heteroatoms. The molecule has 1 spiro atoms. The molecular weight excluding hydrogens is 509 g/mol. The third-order valence-corrected chi connectivity index (χ3v) is 7.60. The van der Waals surface area contributed by atoms with E-state index in [2.05, 4.69) is 27.0 Å². The number of halogens is 1. The van der Waals surface area contributed by atoms with E-state index in [0.29, 0.717) is 37.3 Å². The highest BCUT2D eigenvalue weighted by molar-refractivity contribution is 14.0. The molecule has 0 radical (unpaired) electrons. The number of rotatable bonds is 5. The summed E-state index contributed by atoms with van der Waals surface area (Å²) in [5.74, 6) is 1.24. The fourth-order valence-electron chi connectivity index (χ4n) is 5.76. The number of guanidine groups is 1. The molecule has 0 aromatic carbocycles. The normalized spacial score (nSPS) is 28.9. The molecule has 4 rings (SSSR count). The molecule has 2 heterocycles. The van der Waals surface area contributed by atoms with Crippen LogP contribution in [-0.4, -0.2) is 111 Å². The summed E-state index contributed by atoms with van der Waals surface area (Å²) < 4.78 is 11.4. The van der Waals surface area contributed by atoms with Crippen molar-refractivity contribution in [3.05, 3.63) is 0 Å². The summed E-state index contributed by atoms with van der Waals surface area (Å²) in [6.07, 6.45) is 6.66. The topological polar surface area (TPSA) is 69.6 Å². The van der Waals surface area contributed by atoms with Crippen LogP contribution in [0.5, 0.6) is 0 Å². The number of hydrogen-bond acceptors (Lipinski definition) is 5. The molecule has 0 aromatic rings. The lowest BCUT2D eigenvalue weighted by atomic mass is 9.60. The van der Waals surface area contributed by atoms with Crippen molar-refractivity contribution in [3.8, 4) is 0 Å². The molecule has 8 nitrogen and oxygen atoms in total. The quantitative estimate of drug-likeness (QED) is 0.318. The van der Waals surface area contributed by atoms with Gasteiger partial charge in [0.2, 0.25) is 5.91 Å². The van der Waals surface area contributed by atoms with Gasteiger partial charge in [0.15, 0.2) is 5.96 Å². The second-order valence-corrected chi connectivity index (χ2v) is 9.12. The molecule has 2 aliphatic carbocycles. The minimum absolute atomic E-state index is 0. The Morgan fingerprint density at radius 1 is 1.10 bits per heavy atom. The molecule has 31 heavy (non-hydrogen) atoms. The molecule has 4 fully saturated rings. The van der Waals surface area contributed by atoms with Crippen molar-refractivity contribution in [2.75, 3.05) is 72.7 Å². The van der Waals surface area contributed by atoms with Gasteiger partial charge >= 0.3 is 0 Å². The Bertz CT molecular complexity index is 614. The second-order valence-electron chi connectivity index (χ2n) is 9.12. The molecule has 2 atom stereocenters. The molecule has 2 saturated heterocycles. The van der Waals surface area contributed by atoms with E-state index in [1.54, 1.807) is 0 Å². The Morgan fingerprint density at radius 3 is 2.39 bits per heavy atom. The Morgan fingerprint density at radius 2 is 1.77 bits per heavy atom. The predicted molar refractivity (Wildman–Crippen MR) is 132 cm³/mol. The molecule has 0 bridgehead atoms. The van der Waals surface area contributed by atoms with E-state index >= 15 is 0 Å². The summed E-state index contributed by atoms with van der Waals surface area (Å²) in [5.41, 5.74) is 0.304. The van der Waals surface area contributed by atoms with Gasteiger partial charge in [0.1, 0.15) is 0 Å². The molecule has 178 valence electrons. The minimum Gasteiger partial charge on any atom is -0.378 e. The van der Waals surface area contributed by atoms with E-state index in [4.69, 9.17) is 9.47 Å². The first-order valence-corrected chi connectivity index (χ1v) is 11.8. The first kappa shape index (κ1) is 25.0. The van der Waals surface area contributed by atoms with Gasteiger partial charge in [0, 0.05) is 64.4 Å². The SMILES string of the molecule is CCOC1CC(NC(=NC)N2CCN(CC(=O)N3CCOCC3)CC2)C12CCCC2.I. The molecule has 4 aliphatic rings. The van der Waals surface area contributed by atoms with Crippen LogP contribution in [-0.2, 0) is 14.3 Å². The number of carbonyl (C=O) groups is 1. The number of nitrogens with zero attached hydrogens (tertiary/aromatic N) is 4. The van der Waals surface area contributed by atoms with Gasteiger partial charge in [0.25, 0.3) is 0 Å². The number of nitrogens with one attached hydrogen (secondary N) is 1. The number of aliphatic imine (C=N–C) groups is 1. The standard InChI is InChI=1S/C22H39N5O3.HI/c1-3-30-19-16-18(22(19)6-4-5-7-22)24-21(23-2)27-10-8-25(9-11-27)17-20(28)26-12-14-29-15-13-26;/h18-19H,3-17H2,1-2H3,(H,23,24);1H. The van der Waals surface area contributed by atoms with E-state index in [0.717, 1.165) is 58.3 Å². The Kier molecular flexibility index (Phi) is 9.24. The minimum atomic E-state index is 0. The zero-order valence-electron chi connectivity index (χ0n) is 19.2. The maximum atomic E-state index is 12.5. The van der Waals surface area contributed by atoms with Gasteiger partial charge < -0.3 is 24.6 Å². The van der Waals surface area contributed by atoms with Crippen LogP contribution < -0.4 is 5.32 Å². The van der Waals surface area contributed by atoms with E-state index in [-0.39, 0.29) is 29.9 Å². The van der Waals surface area contributed by atoms with Crippen LogP contribution in [0, 0.1) is 5.41 Å². The molecule has 2 unspecified atom stereocenters. The van der Waals surface area contributed by atoms with Crippen molar-refractivity contribution >= 4 is 35.8 Å². The number of carbonyl (C=O) groups excluding carboxylic acids is 1. The lowest BCUT2D eigenvalue weighted by Crippen LogP contribution is -2.66. The van der Waals surface area contributed by atoms with Crippen molar-refractivity contribution in [1.82, 2.24) is 20.0 Å². The van der Waals surface area contributed by atoms with Crippen LogP contribution in [0.15, 0.2) is 4.99 Å². The fraction of sp³-hybridized carbons (Fsp3) is 0.909. The Hall–Kier alpha value is -0.650. The lowest BCUT2D eigenvalue weighted by Gasteiger charge is -2.55. The summed E-state index contributed by atoms with van der Waals surface area (Å²) in [4.78, 5) is 23.7. The highest BCUT2D eigenvalue weighted by Gasteiger charge is 2.57. The zero-order chi connectivity index (χ0) is 21.0. The van der Waals surface area contributed by atoms with Crippen molar-refractivity contribution in [2.24, 2.45) is 10.4 Å². The van der Waals surface area contributed by atoms with Gasteiger partial charge in [-0.2, -0.15) is 0 Å². The maximum Gasteiger partial charge on any atom is 0.236 e. The van der Waals surface area contributed by atoms with Gasteiger partial charge in [-0.1, -0.05) is 12.8 Å². The van der Waals surface area contributed by atoms with Crippen LogP contribution in [0.1, 0.15) is 39.0 Å². The number of amides is 1. The Balaban J connectivity index is 0.00000272. The summed E-state index contributed by atoms with van der Waals surface area (Å²) in [6, 6.07) is 0.469. The monoisotopic (exact) mass is 549 g/mol. The molecule has 2 saturated carbocycles. The maximum absolute atomic E-state index is 12.5. The van der Waals surface area contributed by atoms with Gasteiger partial charge in [-0.25, -0.2) is 0 Å². The van der Waals surface area contributed by atoms with Crippen molar-refractivity contribution in [3.63, 3.8) is 0 Å². The van der Waals surface area contributed by atoms with Crippen molar-refractivity contribution < 1.29 is 14.3 Å². The van der Waals surface area contributed by atoms with Crippen molar-refractivity contribution in [2.45, 2.75) is 51.2 Å². The van der Waals surface area contributed by atoms with Gasteiger partial charge in [-0.15, -0.1) is 24.0 Å². The second kappa shape index (κ2) is 11.5. The number of morpholine rings is 1.